The minimum Gasteiger partial charge on any atom is -0.480 e. The lowest BCUT2D eigenvalue weighted by Crippen LogP contribution is -2.50. The Morgan fingerprint density at radius 3 is 2.32 bits per heavy atom. The van der Waals surface area contributed by atoms with Crippen LogP contribution in [0.15, 0.2) is 0 Å². The summed E-state index contributed by atoms with van der Waals surface area (Å²) in [4.78, 5) is 45.3. The molecule has 0 rings (SSSR count). The molecule has 0 aliphatic carbocycles. The lowest BCUT2D eigenvalue weighted by atomic mass is 10.2. The summed E-state index contributed by atoms with van der Waals surface area (Å²) in [7, 11) is 1.33. The van der Waals surface area contributed by atoms with Gasteiger partial charge >= 0.3 is 12.0 Å². The summed E-state index contributed by atoms with van der Waals surface area (Å²) < 4.78 is 0. The van der Waals surface area contributed by atoms with E-state index in [1.54, 1.807) is 6.92 Å². The van der Waals surface area contributed by atoms with Crippen LogP contribution < -0.4 is 16.4 Å². The first-order chi connectivity index (χ1) is 8.77. The summed E-state index contributed by atoms with van der Waals surface area (Å²) in [5.74, 6) is -2.60. The number of carbonyl (C=O) groups is 4. The topological polar surface area (TPSA) is 142 Å². The van der Waals surface area contributed by atoms with E-state index >= 15 is 0 Å². The first-order valence-electron chi connectivity index (χ1n) is 5.57. The second kappa shape index (κ2) is 7.90. The largest absolute Gasteiger partial charge is 0.480 e. The summed E-state index contributed by atoms with van der Waals surface area (Å²) >= 11 is 0. The van der Waals surface area contributed by atoms with Crippen molar-refractivity contribution < 1.29 is 24.3 Å². The van der Waals surface area contributed by atoms with E-state index in [1.807, 2.05) is 0 Å². The number of hydrogen-bond acceptors (Lipinski definition) is 4. The Morgan fingerprint density at radius 1 is 1.32 bits per heavy atom. The molecule has 0 saturated heterocycles. The molecule has 0 aromatic rings. The third-order valence-corrected chi connectivity index (χ3v) is 2.10. The molecule has 0 unspecified atom stereocenters. The van der Waals surface area contributed by atoms with Gasteiger partial charge in [0.25, 0.3) is 0 Å². The molecule has 108 valence electrons. The van der Waals surface area contributed by atoms with Crippen LogP contribution in [-0.4, -0.2) is 60.0 Å². The minimum atomic E-state index is -1.42. The monoisotopic (exact) mass is 274 g/mol. The number of likely N-dealkylation sites (N-methyl/N-ethyl adjacent to an activating group) is 2. The van der Waals surface area contributed by atoms with Gasteiger partial charge in [0.2, 0.25) is 11.8 Å². The molecular formula is C10H18N4O5. The number of nitrogens with zero attached hydrogens (tertiary/aromatic N) is 1. The summed E-state index contributed by atoms with van der Waals surface area (Å²) in [5.41, 5.74) is 4.87. The van der Waals surface area contributed by atoms with Crippen LogP contribution >= 0.6 is 0 Å². The third kappa shape index (κ3) is 6.86. The van der Waals surface area contributed by atoms with E-state index in [-0.39, 0.29) is 12.5 Å². The van der Waals surface area contributed by atoms with Crippen LogP contribution in [-0.2, 0) is 14.4 Å². The number of nitrogens with one attached hydrogen (secondary N) is 2. The second-order valence-electron chi connectivity index (χ2n) is 3.82. The zero-order valence-corrected chi connectivity index (χ0v) is 10.8. The zero-order chi connectivity index (χ0) is 15.0. The summed E-state index contributed by atoms with van der Waals surface area (Å²) in [5, 5.41) is 13.4. The van der Waals surface area contributed by atoms with Crippen molar-refractivity contribution >= 4 is 23.8 Å². The van der Waals surface area contributed by atoms with Gasteiger partial charge in [-0.3, -0.25) is 9.59 Å². The Kier molecular flexibility index (Phi) is 6.94. The normalized spacial score (nSPS) is 11.3. The molecule has 9 nitrogen and oxygen atoms in total. The number of aliphatic carboxylic acids is 1. The fourth-order valence-corrected chi connectivity index (χ4v) is 1.20. The lowest BCUT2D eigenvalue weighted by molar-refractivity contribution is -0.140. The number of carboxylic acids is 1. The van der Waals surface area contributed by atoms with E-state index in [2.05, 4.69) is 10.6 Å². The van der Waals surface area contributed by atoms with Gasteiger partial charge in [0.15, 0.2) is 0 Å². The third-order valence-electron chi connectivity index (χ3n) is 2.10. The number of hydrogen-bond donors (Lipinski definition) is 4. The molecule has 0 fully saturated rings. The molecule has 0 saturated carbocycles. The zero-order valence-electron chi connectivity index (χ0n) is 10.8. The molecule has 19 heavy (non-hydrogen) atoms. The van der Waals surface area contributed by atoms with E-state index in [4.69, 9.17) is 10.8 Å². The highest BCUT2D eigenvalue weighted by Gasteiger charge is 2.24. The quantitative estimate of drug-likeness (QED) is 0.428. The molecule has 4 amide bonds. The van der Waals surface area contributed by atoms with Crippen molar-refractivity contribution in [1.29, 1.82) is 0 Å². The van der Waals surface area contributed by atoms with Crippen LogP contribution in [0.25, 0.3) is 0 Å². The van der Waals surface area contributed by atoms with Gasteiger partial charge in [0, 0.05) is 13.6 Å². The van der Waals surface area contributed by atoms with E-state index in [0.717, 1.165) is 4.90 Å². The molecular weight excluding hydrogens is 256 g/mol. The maximum Gasteiger partial charge on any atom is 0.326 e. The average Bonchev–Trinajstić information content (AvgIpc) is 2.27. The van der Waals surface area contributed by atoms with Crippen molar-refractivity contribution in [2.45, 2.75) is 19.4 Å². The van der Waals surface area contributed by atoms with Gasteiger partial charge in [0.05, 0.1) is 6.42 Å². The number of carbonyl (C=O) groups excluding carboxylic acids is 3. The van der Waals surface area contributed by atoms with Crippen molar-refractivity contribution in [3.05, 3.63) is 0 Å². The molecule has 0 aliphatic heterocycles. The summed E-state index contributed by atoms with van der Waals surface area (Å²) in [6, 6.07) is -2.19. The molecule has 0 heterocycles. The molecule has 0 aliphatic rings. The van der Waals surface area contributed by atoms with Crippen molar-refractivity contribution in [2.75, 3.05) is 20.1 Å². The Hall–Kier alpha value is -2.32. The predicted octanol–water partition coefficient (Wildman–Crippen LogP) is -1.91. The molecule has 0 radical (unpaired) electrons. The van der Waals surface area contributed by atoms with Gasteiger partial charge in [-0.15, -0.1) is 0 Å². The van der Waals surface area contributed by atoms with Crippen molar-refractivity contribution in [3.63, 3.8) is 0 Å². The Bertz CT molecular complexity index is 371. The van der Waals surface area contributed by atoms with Gasteiger partial charge in [-0.05, 0) is 6.92 Å². The lowest BCUT2D eigenvalue weighted by Gasteiger charge is -2.20. The Balaban J connectivity index is 4.42. The second-order valence-corrected chi connectivity index (χ2v) is 3.82. The smallest absolute Gasteiger partial charge is 0.326 e. The summed E-state index contributed by atoms with van der Waals surface area (Å²) in [6.07, 6.45) is -0.518. The van der Waals surface area contributed by atoms with Gasteiger partial charge in [0.1, 0.15) is 12.6 Å². The van der Waals surface area contributed by atoms with Crippen LogP contribution in [0, 0.1) is 0 Å². The van der Waals surface area contributed by atoms with Crippen LogP contribution in [0.3, 0.4) is 0 Å². The fourth-order valence-electron chi connectivity index (χ4n) is 1.20. The van der Waals surface area contributed by atoms with Crippen molar-refractivity contribution in [3.8, 4) is 0 Å². The van der Waals surface area contributed by atoms with E-state index in [0.29, 0.717) is 6.54 Å². The summed E-state index contributed by atoms with van der Waals surface area (Å²) in [6.45, 7) is 1.93. The van der Waals surface area contributed by atoms with Gasteiger partial charge in [-0.1, -0.05) is 0 Å². The molecule has 5 N–H and O–H groups in total. The van der Waals surface area contributed by atoms with Crippen molar-refractivity contribution in [1.82, 2.24) is 15.5 Å². The van der Waals surface area contributed by atoms with Crippen LogP contribution in [0.5, 0.6) is 0 Å². The van der Waals surface area contributed by atoms with Crippen LogP contribution in [0.4, 0.5) is 4.79 Å². The predicted molar refractivity (Wildman–Crippen MR) is 65.1 cm³/mol. The molecule has 0 bridgehead atoms. The number of carboxylic acid groups (broad SMARTS) is 1. The molecule has 0 spiro atoms. The molecule has 1 atom stereocenters. The van der Waals surface area contributed by atoms with E-state index in [9.17, 15) is 19.2 Å². The van der Waals surface area contributed by atoms with Gasteiger partial charge in [-0.25, -0.2) is 9.59 Å². The first-order valence-corrected chi connectivity index (χ1v) is 5.57. The number of primary amides is 1. The first kappa shape index (κ1) is 16.7. The number of amides is 4. The van der Waals surface area contributed by atoms with Crippen molar-refractivity contribution in [2.24, 2.45) is 5.73 Å². The van der Waals surface area contributed by atoms with E-state index < -0.39 is 30.4 Å². The maximum atomic E-state index is 11.6. The molecule has 0 aromatic heterocycles. The average molecular weight is 274 g/mol. The number of rotatable bonds is 7. The van der Waals surface area contributed by atoms with Gasteiger partial charge < -0.3 is 26.4 Å². The van der Waals surface area contributed by atoms with Crippen LogP contribution in [0.2, 0.25) is 0 Å². The highest BCUT2D eigenvalue weighted by Crippen LogP contribution is 1.94. The maximum absolute atomic E-state index is 11.6. The van der Waals surface area contributed by atoms with Gasteiger partial charge in [-0.2, -0.15) is 0 Å². The Labute approximate surface area is 110 Å². The number of nitrogens with two attached hydrogens (primary N) is 1. The van der Waals surface area contributed by atoms with E-state index in [1.165, 1.54) is 7.05 Å². The van der Waals surface area contributed by atoms with Crippen LogP contribution in [0.1, 0.15) is 13.3 Å². The Morgan fingerprint density at radius 2 is 1.89 bits per heavy atom. The molecule has 0 aromatic carbocycles. The standard InChI is InChI=1S/C10H18N4O5/c1-3-12-8(16)5-14(2)10(19)13-6(9(17)18)4-7(11)15/h6H,3-5H2,1-2H3,(H2,11,15)(H,12,16)(H,13,19)(H,17,18)/t6-/m1/s1. The minimum absolute atomic E-state index is 0.220. The molecule has 9 heteroatoms. The highest BCUT2D eigenvalue weighted by atomic mass is 16.4. The fraction of sp³-hybridized carbons (Fsp3) is 0.600. The highest BCUT2D eigenvalue weighted by molar-refractivity contribution is 5.89. The number of urea groups is 1. The SMILES string of the molecule is CCNC(=O)CN(C)C(=O)N[C@H](CC(N)=O)C(=O)O.